The van der Waals surface area contributed by atoms with Crippen molar-refractivity contribution in [3.8, 4) is 5.75 Å². The number of carbonyl (C=O) groups excluding carboxylic acids is 1. The average molecular weight is 262 g/mol. The van der Waals surface area contributed by atoms with Crippen LogP contribution >= 0.6 is 0 Å². The zero-order valence-electron chi connectivity index (χ0n) is 11.7. The molecule has 4 nitrogen and oxygen atoms in total. The lowest BCUT2D eigenvalue weighted by molar-refractivity contribution is 0.0693. The van der Waals surface area contributed by atoms with Gasteiger partial charge in [-0.05, 0) is 31.9 Å². The summed E-state index contributed by atoms with van der Waals surface area (Å²) in [6.45, 7) is 2.76. The van der Waals surface area contributed by atoms with Crippen LogP contribution in [0.1, 0.15) is 43.0 Å². The summed E-state index contributed by atoms with van der Waals surface area (Å²) in [5.74, 6) is 0.686. The van der Waals surface area contributed by atoms with Crippen LogP contribution in [0.25, 0.3) is 0 Å². The SMILES string of the molecule is CCN(C(=O)c1cc(N)cc(OC)c1)C1CCCC1. The first-order chi connectivity index (χ1) is 9.15. The third-order valence-electron chi connectivity index (χ3n) is 3.78. The van der Waals surface area contributed by atoms with Gasteiger partial charge in [-0.3, -0.25) is 4.79 Å². The van der Waals surface area contributed by atoms with Crippen molar-refractivity contribution >= 4 is 11.6 Å². The first-order valence-electron chi connectivity index (χ1n) is 6.91. The van der Waals surface area contributed by atoms with Gasteiger partial charge in [0.15, 0.2) is 0 Å². The van der Waals surface area contributed by atoms with Crippen molar-refractivity contribution in [3.63, 3.8) is 0 Å². The summed E-state index contributed by atoms with van der Waals surface area (Å²) in [6.07, 6.45) is 4.65. The Bertz CT molecular complexity index is 453. The smallest absolute Gasteiger partial charge is 0.254 e. The summed E-state index contributed by atoms with van der Waals surface area (Å²) in [5, 5.41) is 0. The Morgan fingerprint density at radius 2 is 2.05 bits per heavy atom. The summed E-state index contributed by atoms with van der Waals surface area (Å²) in [5.41, 5.74) is 6.99. The number of hydrogen-bond acceptors (Lipinski definition) is 3. The van der Waals surface area contributed by atoms with E-state index in [0.29, 0.717) is 23.0 Å². The van der Waals surface area contributed by atoms with Crippen LogP contribution in [-0.4, -0.2) is 30.5 Å². The fourth-order valence-corrected chi connectivity index (χ4v) is 2.81. The molecule has 104 valence electrons. The molecule has 19 heavy (non-hydrogen) atoms. The van der Waals surface area contributed by atoms with Crippen LogP contribution in [0, 0.1) is 0 Å². The second kappa shape index (κ2) is 5.95. The molecule has 0 radical (unpaired) electrons. The Morgan fingerprint density at radius 1 is 1.37 bits per heavy atom. The molecule has 2 rings (SSSR count). The van der Waals surface area contributed by atoms with Gasteiger partial charge in [0.25, 0.3) is 5.91 Å². The Morgan fingerprint density at radius 3 is 2.63 bits per heavy atom. The third-order valence-corrected chi connectivity index (χ3v) is 3.78. The maximum atomic E-state index is 12.6. The highest BCUT2D eigenvalue weighted by Gasteiger charge is 2.26. The highest BCUT2D eigenvalue weighted by Crippen LogP contribution is 2.26. The van der Waals surface area contributed by atoms with Gasteiger partial charge >= 0.3 is 0 Å². The van der Waals surface area contributed by atoms with Crippen LogP contribution in [0.3, 0.4) is 0 Å². The van der Waals surface area contributed by atoms with Gasteiger partial charge in [-0.15, -0.1) is 0 Å². The lowest BCUT2D eigenvalue weighted by atomic mass is 10.1. The van der Waals surface area contributed by atoms with E-state index in [0.717, 1.165) is 19.4 Å². The fourth-order valence-electron chi connectivity index (χ4n) is 2.81. The van der Waals surface area contributed by atoms with Gasteiger partial charge in [-0.1, -0.05) is 12.8 Å². The average Bonchev–Trinajstić information content (AvgIpc) is 2.92. The molecule has 1 aromatic rings. The predicted molar refractivity (Wildman–Crippen MR) is 76.4 cm³/mol. The lowest BCUT2D eigenvalue weighted by Gasteiger charge is -2.28. The first-order valence-corrected chi connectivity index (χ1v) is 6.91. The van der Waals surface area contributed by atoms with E-state index in [2.05, 4.69) is 0 Å². The summed E-state index contributed by atoms with van der Waals surface area (Å²) in [4.78, 5) is 14.6. The number of nitrogens with two attached hydrogens (primary N) is 1. The molecule has 1 aliphatic rings. The minimum Gasteiger partial charge on any atom is -0.497 e. The predicted octanol–water partition coefficient (Wildman–Crippen LogP) is 2.68. The molecule has 0 heterocycles. The maximum absolute atomic E-state index is 12.6. The molecule has 0 atom stereocenters. The Labute approximate surface area is 114 Å². The fraction of sp³-hybridized carbons (Fsp3) is 0.533. The molecule has 0 spiro atoms. The van der Waals surface area contributed by atoms with E-state index in [4.69, 9.17) is 10.5 Å². The van der Waals surface area contributed by atoms with E-state index in [1.807, 2.05) is 11.8 Å². The van der Waals surface area contributed by atoms with E-state index in [9.17, 15) is 4.79 Å². The monoisotopic (exact) mass is 262 g/mol. The third kappa shape index (κ3) is 3.00. The number of rotatable bonds is 4. The second-order valence-corrected chi connectivity index (χ2v) is 5.02. The summed E-state index contributed by atoms with van der Waals surface area (Å²) in [7, 11) is 1.58. The minimum atomic E-state index is 0.0556. The number of hydrogen-bond donors (Lipinski definition) is 1. The van der Waals surface area contributed by atoms with Crippen LogP contribution in [0.5, 0.6) is 5.75 Å². The van der Waals surface area contributed by atoms with Gasteiger partial charge in [0.2, 0.25) is 0 Å². The van der Waals surface area contributed by atoms with E-state index in [1.54, 1.807) is 25.3 Å². The highest BCUT2D eigenvalue weighted by molar-refractivity contribution is 5.95. The number of anilines is 1. The molecule has 0 bridgehead atoms. The first kappa shape index (κ1) is 13.7. The zero-order chi connectivity index (χ0) is 13.8. The number of benzene rings is 1. The van der Waals surface area contributed by atoms with Crippen molar-refractivity contribution in [2.75, 3.05) is 19.4 Å². The molecule has 1 fully saturated rings. The lowest BCUT2D eigenvalue weighted by Crippen LogP contribution is -2.38. The maximum Gasteiger partial charge on any atom is 0.254 e. The molecule has 1 aliphatic carbocycles. The van der Waals surface area contributed by atoms with E-state index < -0.39 is 0 Å². The second-order valence-electron chi connectivity index (χ2n) is 5.02. The van der Waals surface area contributed by atoms with Gasteiger partial charge in [0.1, 0.15) is 5.75 Å². The topological polar surface area (TPSA) is 55.6 Å². The molecule has 1 aromatic carbocycles. The zero-order valence-corrected chi connectivity index (χ0v) is 11.7. The van der Waals surface area contributed by atoms with Crippen molar-refractivity contribution in [3.05, 3.63) is 23.8 Å². The van der Waals surface area contributed by atoms with Crippen LogP contribution < -0.4 is 10.5 Å². The Hall–Kier alpha value is -1.71. The number of ether oxygens (including phenoxy) is 1. The van der Waals surface area contributed by atoms with E-state index >= 15 is 0 Å². The van der Waals surface area contributed by atoms with E-state index in [-0.39, 0.29) is 5.91 Å². The molecule has 0 unspecified atom stereocenters. The quantitative estimate of drug-likeness (QED) is 0.849. The van der Waals surface area contributed by atoms with Gasteiger partial charge in [-0.2, -0.15) is 0 Å². The Kier molecular flexibility index (Phi) is 4.30. The number of nitrogen functional groups attached to an aromatic ring is 1. The van der Waals surface area contributed by atoms with Crippen LogP contribution in [0.2, 0.25) is 0 Å². The molecule has 1 saturated carbocycles. The molecule has 0 saturated heterocycles. The molecule has 4 heteroatoms. The van der Waals surface area contributed by atoms with Crippen molar-refractivity contribution < 1.29 is 9.53 Å². The highest BCUT2D eigenvalue weighted by atomic mass is 16.5. The minimum absolute atomic E-state index is 0.0556. The summed E-state index contributed by atoms with van der Waals surface area (Å²) >= 11 is 0. The molecule has 0 aromatic heterocycles. The van der Waals surface area contributed by atoms with Crippen molar-refractivity contribution in [2.24, 2.45) is 0 Å². The van der Waals surface area contributed by atoms with E-state index in [1.165, 1.54) is 12.8 Å². The largest absolute Gasteiger partial charge is 0.497 e. The Balaban J connectivity index is 2.23. The number of methoxy groups -OCH3 is 1. The molecular formula is C15H22N2O2. The van der Waals surface area contributed by atoms with Crippen molar-refractivity contribution in [1.29, 1.82) is 0 Å². The number of carbonyl (C=O) groups is 1. The van der Waals surface area contributed by atoms with Gasteiger partial charge < -0.3 is 15.4 Å². The van der Waals surface area contributed by atoms with Gasteiger partial charge in [0.05, 0.1) is 7.11 Å². The van der Waals surface area contributed by atoms with Crippen LogP contribution in [0.15, 0.2) is 18.2 Å². The standard InChI is InChI=1S/C15H22N2O2/c1-3-17(13-6-4-5-7-13)15(18)11-8-12(16)10-14(9-11)19-2/h8-10,13H,3-7,16H2,1-2H3. The molecular weight excluding hydrogens is 240 g/mol. The summed E-state index contributed by atoms with van der Waals surface area (Å²) < 4.78 is 5.17. The summed E-state index contributed by atoms with van der Waals surface area (Å²) in [6, 6.07) is 5.59. The van der Waals surface area contributed by atoms with Crippen molar-refractivity contribution in [2.45, 2.75) is 38.6 Å². The normalized spacial score (nSPS) is 15.5. The molecule has 1 amide bonds. The van der Waals surface area contributed by atoms with Crippen LogP contribution in [0.4, 0.5) is 5.69 Å². The number of nitrogens with zero attached hydrogens (tertiary/aromatic N) is 1. The number of amides is 1. The molecule has 0 aliphatic heterocycles. The van der Waals surface area contributed by atoms with Crippen molar-refractivity contribution in [1.82, 2.24) is 4.90 Å². The van der Waals surface area contributed by atoms with Gasteiger partial charge in [0, 0.05) is 29.9 Å². The van der Waals surface area contributed by atoms with Crippen LogP contribution in [-0.2, 0) is 0 Å². The van der Waals surface area contributed by atoms with Gasteiger partial charge in [-0.25, -0.2) is 0 Å². The molecule has 2 N–H and O–H groups in total.